The molecule has 2 rings (SSSR count). The molecule has 0 radical (unpaired) electrons. The molecular weight excluding hydrogens is 228 g/mol. The quantitative estimate of drug-likeness (QED) is 0.605. The van der Waals surface area contributed by atoms with E-state index in [2.05, 4.69) is 12.1 Å². The minimum Gasteiger partial charge on any atom is -0.466 e. The van der Waals surface area contributed by atoms with Crippen molar-refractivity contribution in [3.63, 3.8) is 0 Å². The molecule has 0 amide bonds. The molecule has 0 N–H and O–H groups in total. The average molecular weight is 244 g/mol. The van der Waals surface area contributed by atoms with Gasteiger partial charge < -0.3 is 9.47 Å². The summed E-state index contributed by atoms with van der Waals surface area (Å²) in [4.78, 5) is 11.7. The Hall–Kier alpha value is -1.87. The minimum absolute atomic E-state index is 0.166. The van der Waals surface area contributed by atoms with Gasteiger partial charge in [-0.3, -0.25) is 0 Å². The van der Waals surface area contributed by atoms with Crippen LogP contribution in [-0.2, 0) is 14.3 Å². The van der Waals surface area contributed by atoms with Crippen molar-refractivity contribution in [2.24, 2.45) is 0 Å². The van der Waals surface area contributed by atoms with E-state index in [0.29, 0.717) is 0 Å². The van der Waals surface area contributed by atoms with Crippen LogP contribution >= 0.6 is 0 Å². The summed E-state index contributed by atoms with van der Waals surface area (Å²) in [5.74, 6) is -0.247. The van der Waals surface area contributed by atoms with Crippen molar-refractivity contribution in [3.05, 3.63) is 60.2 Å². The molecule has 18 heavy (non-hydrogen) atoms. The van der Waals surface area contributed by atoms with Crippen LogP contribution in [0, 0.1) is 0 Å². The van der Waals surface area contributed by atoms with Gasteiger partial charge in [-0.1, -0.05) is 42.5 Å². The van der Waals surface area contributed by atoms with Crippen molar-refractivity contribution in [1.29, 1.82) is 0 Å². The Kier molecular flexibility index (Phi) is 3.63. The molecule has 94 valence electrons. The monoisotopic (exact) mass is 244 g/mol. The second kappa shape index (κ2) is 5.19. The Morgan fingerprint density at radius 1 is 1.11 bits per heavy atom. The smallest absolute Gasteiger partial charge is 0.346 e. The van der Waals surface area contributed by atoms with Crippen LogP contribution in [0.15, 0.2) is 54.6 Å². The highest BCUT2D eigenvalue weighted by Crippen LogP contribution is 2.29. The third kappa shape index (κ3) is 2.22. The number of esters is 1. The zero-order chi connectivity index (χ0) is 13.0. The van der Waals surface area contributed by atoms with Gasteiger partial charge in [0, 0.05) is 13.0 Å². The largest absolute Gasteiger partial charge is 0.466 e. The molecule has 0 aromatic heterocycles. The number of ether oxygens (including phenoxy) is 2. The zero-order valence-electron chi connectivity index (χ0n) is 10.5. The molecule has 0 bridgehead atoms. The molecule has 0 fully saturated rings. The number of carbonyl (C=O) groups excluding carboxylic acids is 1. The van der Waals surface area contributed by atoms with Gasteiger partial charge in [-0.25, -0.2) is 4.79 Å². The fraction of sp³-hybridized carbons (Fsp3) is 0.267. The highest BCUT2D eigenvalue weighted by Gasteiger charge is 2.36. The lowest BCUT2D eigenvalue weighted by molar-refractivity contribution is -0.155. The van der Waals surface area contributed by atoms with Crippen LogP contribution in [0.4, 0.5) is 0 Å². The maximum atomic E-state index is 11.7. The predicted octanol–water partition coefficient (Wildman–Crippen LogP) is 2.45. The Balaban J connectivity index is 2.23. The number of hydrogen-bond donors (Lipinski definition) is 0. The molecule has 0 heterocycles. The molecule has 1 aliphatic rings. The van der Waals surface area contributed by atoms with E-state index in [1.165, 1.54) is 19.8 Å². The van der Waals surface area contributed by atoms with Gasteiger partial charge in [-0.2, -0.15) is 0 Å². The fourth-order valence-corrected chi connectivity index (χ4v) is 2.03. The Morgan fingerprint density at radius 3 is 2.22 bits per heavy atom. The van der Waals surface area contributed by atoms with E-state index >= 15 is 0 Å². The molecule has 0 spiro atoms. The van der Waals surface area contributed by atoms with Crippen molar-refractivity contribution >= 4 is 5.97 Å². The number of rotatable bonds is 3. The van der Waals surface area contributed by atoms with Crippen LogP contribution in [0.1, 0.15) is 11.5 Å². The van der Waals surface area contributed by atoms with E-state index in [-0.39, 0.29) is 5.92 Å². The van der Waals surface area contributed by atoms with E-state index in [1.807, 2.05) is 30.4 Å². The average Bonchev–Trinajstić information content (AvgIpc) is 2.47. The second-order valence-corrected chi connectivity index (χ2v) is 4.14. The summed E-state index contributed by atoms with van der Waals surface area (Å²) in [5.41, 5.74) is 0.0969. The predicted molar refractivity (Wildman–Crippen MR) is 69.2 cm³/mol. The third-order valence-corrected chi connectivity index (χ3v) is 3.13. The Bertz CT molecular complexity index is 460. The lowest BCUT2D eigenvalue weighted by Gasteiger charge is -2.26. The van der Waals surface area contributed by atoms with Gasteiger partial charge in [0.15, 0.2) is 0 Å². The summed E-state index contributed by atoms with van der Waals surface area (Å²) >= 11 is 0. The molecule has 0 unspecified atom stereocenters. The maximum absolute atomic E-state index is 11.7. The van der Waals surface area contributed by atoms with Crippen LogP contribution in [-0.4, -0.2) is 25.8 Å². The van der Waals surface area contributed by atoms with Gasteiger partial charge in [0.1, 0.15) is 0 Å². The first-order chi connectivity index (χ1) is 8.72. The van der Waals surface area contributed by atoms with Gasteiger partial charge in [0.2, 0.25) is 5.60 Å². The van der Waals surface area contributed by atoms with Crippen molar-refractivity contribution < 1.29 is 14.3 Å². The molecule has 1 aromatic carbocycles. The topological polar surface area (TPSA) is 35.5 Å². The van der Waals surface area contributed by atoms with E-state index < -0.39 is 11.6 Å². The molecule has 3 nitrogen and oxygen atoms in total. The first-order valence-corrected chi connectivity index (χ1v) is 5.79. The summed E-state index contributed by atoms with van der Waals surface area (Å²) in [7, 11) is 2.85. The molecular formula is C15H16O3. The maximum Gasteiger partial charge on any atom is 0.346 e. The Labute approximate surface area is 107 Å². The van der Waals surface area contributed by atoms with E-state index in [4.69, 9.17) is 9.47 Å². The van der Waals surface area contributed by atoms with Gasteiger partial charge >= 0.3 is 5.97 Å². The van der Waals surface area contributed by atoms with Gasteiger partial charge in [-0.15, -0.1) is 0 Å². The fourth-order valence-electron chi connectivity index (χ4n) is 2.03. The summed E-state index contributed by atoms with van der Waals surface area (Å²) in [5, 5.41) is 0. The van der Waals surface area contributed by atoms with Crippen molar-refractivity contribution in [1.82, 2.24) is 0 Å². The van der Waals surface area contributed by atoms with E-state index in [0.717, 1.165) is 0 Å². The van der Waals surface area contributed by atoms with Crippen LogP contribution < -0.4 is 0 Å². The number of allylic oxidation sites excluding steroid dienone is 2. The highest BCUT2D eigenvalue weighted by molar-refractivity contribution is 5.85. The van der Waals surface area contributed by atoms with Gasteiger partial charge in [-0.05, 0) is 17.7 Å². The standard InChI is InChI=1S/C15H16O3/c1-17-14(16)15(18-2)10-8-13(9-11-15)12-6-4-3-5-7-12/h3-11,13H,1-2H3. The molecule has 0 saturated heterocycles. The number of methoxy groups -OCH3 is 2. The number of benzene rings is 1. The first kappa shape index (κ1) is 12.6. The Morgan fingerprint density at radius 2 is 1.72 bits per heavy atom. The summed E-state index contributed by atoms with van der Waals surface area (Å²) in [6.07, 6.45) is 7.40. The summed E-state index contributed by atoms with van der Waals surface area (Å²) in [6, 6.07) is 10.1. The molecule has 0 aliphatic heterocycles. The van der Waals surface area contributed by atoms with Gasteiger partial charge in [0.25, 0.3) is 0 Å². The van der Waals surface area contributed by atoms with Crippen molar-refractivity contribution in [2.75, 3.05) is 14.2 Å². The summed E-state index contributed by atoms with van der Waals surface area (Å²) < 4.78 is 10.0. The van der Waals surface area contributed by atoms with Crippen LogP contribution in [0.3, 0.4) is 0 Å². The third-order valence-electron chi connectivity index (χ3n) is 3.13. The minimum atomic E-state index is -1.08. The SMILES string of the molecule is COC(=O)C1(OC)C=CC(c2ccccc2)C=C1. The molecule has 3 heteroatoms. The normalized spacial score (nSPS) is 26.0. The molecule has 1 aromatic rings. The zero-order valence-corrected chi connectivity index (χ0v) is 10.5. The van der Waals surface area contributed by atoms with Gasteiger partial charge in [0.05, 0.1) is 7.11 Å². The summed E-state index contributed by atoms with van der Waals surface area (Å²) in [6.45, 7) is 0. The number of carbonyl (C=O) groups is 1. The lowest BCUT2D eigenvalue weighted by atomic mass is 9.88. The lowest BCUT2D eigenvalue weighted by Crippen LogP contribution is -2.39. The second-order valence-electron chi connectivity index (χ2n) is 4.14. The highest BCUT2D eigenvalue weighted by atomic mass is 16.6. The molecule has 0 atom stereocenters. The first-order valence-electron chi connectivity index (χ1n) is 5.79. The van der Waals surface area contributed by atoms with Crippen LogP contribution in [0.2, 0.25) is 0 Å². The molecule has 1 aliphatic carbocycles. The van der Waals surface area contributed by atoms with Crippen molar-refractivity contribution in [2.45, 2.75) is 11.5 Å². The molecule has 0 saturated carbocycles. The van der Waals surface area contributed by atoms with Crippen LogP contribution in [0.5, 0.6) is 0 Å². The van der Waals surface area contributed by atoms with E-state index in [9.17, 15) is 4.79 Å². The van der Waals surface area contributed by atoms with Crippen molar-refractivity contribution in [3.8, 4) is 0 Å². The van der Waals surface area contributed by atoms with Crippen LogP contribution in [0.25, 0.3) is 0 Å². The number of hydrogen-bond acceptors (Lipinski definition) is 3. The van der Waals surface area contributed by atoms with E-state index in [1.54, 1.807) is 12.2 Å².